The molecule has 2 atom stereocenters. The Bertz CT molecular complexity index is 607. The lowest BCUT2D eigenvalue weighted by Gasteiger charge is -2.34. The maximum Gasteiger partial charge on any atom is 0.305 e. The highest BCUT2D eigenvalue weighted by atomic mass is 16.5. The summed E-state index contributed by atoms with van der Waals surface area (Å²) in [6.07, 6.45) is -0.198. The van der Waals surface area contributed by atoms with Crippen LogP contribution in [0.1, 0.15) is 43.9 Å². The molecular weight excluding hydrogens is 294 g/mol. The number of aliphatic carboxylic acids is 1. The molecule has 0 fully saturated rings. The number of carbonyl (C=O) groups excluding carboxylic acids is 1. The number of aryl methyl sites for hydroxylation is 2. The molecule has 0 aromatic heterocycles. The van der Waals surface area contributed by atoms with Gasteiger partial charge in [-0.1, -0.05) is 19.9 Å². The molecule has 0 radical (unpaired) electrons. The summed E-state index contributed by atoms with van der Waals surface area (Å²) in [5.74, 6) is -0.439. The molecular formula is C18H25NO4. The number of carbonyl (C=O) groups is 2. The third-order valence-electron chi connectivity index (χ3n) is 4.85. The van der Waals surface area contributed by atoms with Gasteiger partial charge in [-0.15, -0.1) is 0 Å². The summed E-state index contributed by atoms with van der Waals surface area (Å²) in [5, 5.41) is 12.0. The number of hydrogen-bond donors (Lipinski definition) is 2. The van der Waals surface area contributed by atoms with E-state index in [0.29, 0.717) is 6.42 Å². The molecule has 0 bridgehead atoms. The third kappa shape index (κ3) is 3.66. The van der Waals surface area contributed by atoms with Gasteiger partial charge < -0.3 is 15.2 Å². The van der Waals surface area contributed by atoms with Crippen molar-refractivity contribution in [1.82, 2.24) is 5.32 Å². The minimum Gasteiger partial charge on any atom is -0.481 e. The Morgan fingerprint density at radius 2 is 1.96 bits per heavy atom. The molecule has 0 saturated heterocycles. The molecule has 0 aliphatic carbocycles. The van der Waals surface area contributed by atoms with Crippen molar-refractivity contribution < 1.29 is 19.4 Å². The largest absolute Gasteiger partial charge is 0.481 e. The fourth-order valence-electron chi connectivity index (χ4n) is 2.73. The average Bonchev–Trinajstić information content (AvgIpc) is 2.81. The molecule has 1 aromatic carbocycles. The Balaban J connectivity index is 2.12. The molecule has 2 unspecified atom stereocenters. The maximum absolute atomic E-state index is 12.6. The Morgan fingerprint density at radius 1 is 1.35 bits per heavy atom. The van der Waals surface area contributed by atoms with Crippen LogP contribution in [0.2, 0.25) is 0 Å². The van der Waals surface area contributed by atoms with Crippen LogP contribution in [0.4, 0.5) is 0 Å². The zero-order valence-electron chi connectivity index (χ0n) is 14.4. The van der Waals surface area contributed by atoms with Crippen molar-refractivity contribution in [3.63, 3.8) is 0 Å². The van der Waals surface area contributed by atoms with E-state index in [1.54, 1.807) is 6.92 Å². The monoisotopic (exact) mass is 319 g/mol. The minimum atomic E-state index is -0.927. The van der Waals surface area contributed by atoms with Gasteiger partial charge in [0.1, 0.15) is 5.75 Å². The van der Waals surface area contributed by atoms with E-state index in [4.69, 9.17) is 9.84 Å². The number of carboxylic acid groups (broad SMARTS) is 1. The van der Waals surface area contributed by atoms with Crippen LogP contribution < -0.4 is 10.1 Å². The third-order valence-corrected chi connectivity index (χ3v) is 4.85. The van der Waals surface area contributed by atoms with Gasteiger partial charge in [0, 0.05) is 6.42 Å². The second-order valence-electron chi connectivity index (χ2n) is 6.99. The fourth-order valence-corrected chi connectivity index (χ4v) is 2.73. The second kappa shape index (κ2) is 6.22. The molecule has 1 aliphatic rings. The normalized spacial score (nSPS) is 19.0. The zero-order valence-corrected chi connectivity index (χ0v) is 14.4. The SMILES string of the molecule is Cc1cc2c(cc1C)OC(C(=O)NC(C)(CC(=O)O)C(C)C)C2. The van der Waals surface area contributed by atoms with Crippen molar-refractivity contribution in [2.24, 2.45) is 5.92 Å². The van der Waals surface area contributed by atoms with Gasteiger partial charge in [0.2, 0.25) is 0 Å². The highest BCUT2D eigenvalue weighted by Gasteiger charge is 2.37. The number of nitrogens with one attached hydrogen (secondary N) is 1. The predicted molar refractivity (Wildman–Crippen MR) is 87.7 cm³/mol. The van der Waals surface area contributed by atoms with E-state index in [0.717, 1.165) is 16.9 Å². The van der Waals surface area contributed by atoms with Gasteiger partial charge >= 0.3 is 5.97 Å². The molecule has 0 spiro atoms. The van der Waals surface area contributed by atoms with Gasteiger partial charge in [-0.05, 0) is 49.4 Å². The summed E-state index contributed by atoms with van der Waals surface area (Å²) in [6, 6.07) is 4.01. The lowest BCUT2D eigenvalue weighted by Crippen LogP contribution is -2.54. The lowest BCUT2D eigenvalue weighted by atomic mass is 9.85. The molecule has 2 rings (SSSR count). The summed E-state index contributed by atoms with van der Waals surface area (Å²) < 4.78 is 5.78. The molecule has 1 amide bonds. The summed E-state index contributed by atoms with van der Waals surface area (Å²) in [4.78, 5) is 23.6. The topological polar surface area (TPSA) is 75.6 Å². The van der Waals surface area contributed by atoms with Gasteiger partial charge in [0.05, 0.1) is 12.0 Å². The van der Waals surface area contributed by atoms with Crippen molar-refractivity contribution in [1.29, 1.82) is 0 Å². The predicted octanol–water partition coefficient (Wildman–Crippen LogP) is 2.61. The molecule has 0 saturated carbocycles. The van der Waals surface area contributed by atoms with E-state index in [-0.39, 0.29) is 18.2 Å². The van der Waals surface area contributed by atoms with Gasteiger partial charge in [0.25, 0.3) is 5.91 Å². The van der Waals surface area contributed by atoms with Crippen molar-refractivity contribution in [3.8, 4) is 5.75 Å². The molecule has 1 aliphatic heterocycles. The van der Waals surface area contributed by atoms with Crippen LogP contribution in [0.15, 0.2) is 12.1 Å². The van der Waals surface area contributed by atoms with Crippen LogP contribution in [0, 0.1) is 19.8 Å². The first-order chi connectivity index (χ1) is 10.6. The van der Waals surface area contributed by atoms with Crippen molar-refractivity contribution in [2.75, 3.05) is 0 Å². The van der Waals surface area contributed by atoms with Crippen LogP contribution in [-0.2, 0) is 16.0 Å². The molecule has 23 heavy (non-hydrogen) atoms. The lowest BCUT2D eigenvalue weighted by molar-refractivity contribution is -0.140. The first kappa shape index (κ1) is 17.3. The standard InChI is InChI=1S/C18H25NO4/c1-10(2)18(5,9-16(20)21)19-17(22)15-8-13-6-11(3)12(4)7-14(13)23-15/h6-7,10,15H,8-9H2,1-5H3,(H,19,22)(H,20,21). The molecule has 126 valence electrons. The van der Waals surface area contributed by atoms with Gasteiger partial charge in [-0.2, -0.15) is 0 Å². The average molecular weight is 319 g/mol. The number of hydrogen-bond acceptors (Lipinski definition) is 3. The Labute approximate surface area is 137 Å². The highest BCUT2D eigenvalue weighted by Crippen LogP contribution is 2.32. The smallest absolute Gasteiger partial charge is 0.305 e. The van der Waals surface area contributed by atoms with Gasteiger partial charge in [-0.25, -0.2) is 0 Å². The second-order valence-corrected chi connectivity index (χ2v) is 6.99. The molecule has 2 N–H and O–H groups in total. The highest BCUT2D eigenvalue weighted by molar-refractivity contribution is 5.84. The Morgan fingerprint density at radius 3 is 2.52 bits per heavy atom. The quantitative estimate of drug-likeness (QED) is 0.875. The number of benzene rings is 1. The van der Waals surface area contributed by atoms with E-state index in [2.05, 4.69) is 11.4 Å². The molecule has 5 heteroatoms. The first-order valence-electron chi connectivity index (χ1n) is 7.93. The molecule has 1 aromatic rings. The Hall–Kier alpha value is -2.04. The zero-order chi connectivity index (χ0) is 17.4. The van der Waals surface area contributed by atoms with E-state index in [1.807, 2.05) is 33.8 Å². The Kier molecular flexibility index (Phi) is 4.68. The summed E-state index contributed by atoms with van der Waals surface area (Å²) in [6.45, 7) is 9.61. The molecule has 1 heterocycles. The number of rotatable bonds is 5. The number of ether oxygens (including phenoxy) is 1. The van der Waals surface area contributed by atoms with E-state index >= 15 is 0 Å². The minimum absolute atomic E-state index is 0.00387. The number of carboxylic acids is 1. The number of fused-ring (bicyclic) bond motifs is 1. The van der Waals surface area contributed by atoms with Crippen molar-refractivity contribution >= 4 is 11.9 Å². The van der Waals surface area contributed by atoms with Crippen LogP contribution in [0.5, 0.6) is 5.75 Å². The maximum atomic E-state index is 12.6. The summed E-state index contributed by atoms with van der Waals surface area (Å²) in [5.41, 5.74) is 2.53. The fraction of sp³-hybridized carbons (Fsp3) is 0.556. The van der Waals surface area contributed by atoms with Crippen LogP contribution >= 0.6 is 0 Å². The van der Waals surface area contributed by atoms with Crippen molar-refractivity contribution in [2.45, 2.75) is 59.1 Å². The van der Waals surface area contributed by atoms with Crippen LogP contribution in [0.3, 0.4) is 0 Å². The van der Waals surface area contributed by atoms with E-state index in [9.17, 15) is 9.59 Å². The van der Waals surface area contributed by atoms with Gasteiger partial charge in [0.15, 0.2) is 6.10 Å². The van der Waals surface area contributed by atoms with Gasteiger partial charge in [-0.3, -0.25) is 9.59 Å². The number of amides is 1. The van der Waals surface area contributed by atoms with E-state index in [1.165, 1.54) is 5.56 Å². The van der Waals surface area contributed by atoms with Crippen molar-refractivity contribution in [3.05, 3.63) is 28.8 Å². The first-order valence-corrected chi connectivity index (χ1v) is 7.93. The molecule has 5 nitrogen and oxygen atoms in total. The van der Waals surface area contributed by atoms with Crippen LogP contribution in [0.25, 0.3) is 0 Å². The summed E-state index contributed by atoms with van der Waals surface area (Å²) >= 11 is 0. The van der Waals surface area contributed by atoms with Crippen LogP contribution in [-0.4, -0.2) is 28.6 Å². The van der Waals surface area contributed by atoms with E-state index < -0.39 is 17.6 Å². The summed E-state index contributed by atoms with van der Waals surface area (Å²) in [7, 11) is 0.